The molecule has 0 radical (unpaired) electrons. The summed E-state index contributed by atoms with van der Waals surface area (Å²) in [5, 5.41) is 13.0. The van der Waals surface area contributed by atoms with Crippen LogP contribution in [0.1, 0.15) is 25.2 Å². The molecule has 1 aliphatic rings. The van der Waals surface area contributed by atoms with Gasteiger partial charge >= 0.3 is 5.97 Å². The van der Waals surface area contributed by atoms with Gasteiger partial charge in [-0.15, -0.1) is 0 Å². The largest absolute Gasteiger partial charge is 0.480 e. The number of carbonyl (C=O) groups is 1. The molecule has 0 amide bonds. The highest BCUT2D eigenvalue weighted by molar-refractivity contribution is 5.68. The summed E-state index contributed by atoms with van der Waals surface area (Å²) in [4.78, 5) is 12.7. The van der Waals surface area contributed by atoms with Gasteiger partial charge in [0.25, 0.3) is 0 Å². The first-order valence-electron chi connectivity index (χ1n) is 6.52. The van der Waals surface area contributed by atoms with Gasteiger partial charge in [-0.25, -0.2) is 4.79 Å². The van der Waals surface area contributed by atoms with E-state index in [1.165, 1.54) is 5.69 Å². The Balaban J connectivity index is 1.83. The van der Waals surface area contributed by atoms with E-state index in [0.29, 0.717) is 0 Å². The minimum absolute atomic E-state index is 0.226. The van der Waals surface area contributed by atoms with Crippen LogP contribution in [0.4, 0.5) is 0 Å². The van der Waals surface area contributed by atoms with Crippen molar-refractivity contribution in [2.24, 2.45) is 7.05 Å². The van der Waals surface area contributed by atoms with E-state index in [2.05, 4.69) is 23.0 Å². The lowest BCUT2D eigenvalue weighted by atomic mass is 9.96. The normalized spacial score (nSPS) is 18.3. The van der Waals surface area contributed by atoms with Crippen molar-refractivity contribution < 1.29 is 14.6 Å². The van der Waals surface area contributed by atoms with E-state index in [4.69, 9.17) is 9.84 Å². The number of ether oxygens (including phenoxy) is 1. The molecule has 1 fully saturated rings. The second kappa shape index (κ2) is 5.30. The Kier molecular flexibility index (Phi) is 3.91. The van der Waals surface area contributed by atoms with E-state index >= 15 is 0 Å². The zero-order chi connectivity index (χ0) is 14.0. The lowest BCUT2D eigenvalue weighted by Crippen LogP contribution is -2.61. The lowest BCUT2D eigenvalue weighted by Gasteiger charge is -2.47. The summed E-state index contributed by atoms with van der Waals surface area (Å²) in [6.45, 7) is 6.16. The van der Waals surface area contributed by atoms with E-state index < -0.39 is 5.97 Å². The van der Waals surface area contributed by atoms with Gasteiger partial charge < -0.3 is 9.84 Å². The van der Waals surface area contributed by atoms with Crippen LogP contribution in [0.25, 0.3) is 0 Å². The third-order valence-electron chi connectivity index (χ3n) is 3.44. The molecule has 0 aromatic carbocycles. The quantitative estimate of drug-likeness (QED) is 0.820. The number of aromatic nitrogens is 2. The van der Waals surface area contributed by atoms with Gasteiger partial charge in [0.2, 0.25) is 0 Å². The lowest BCUT2D eigenvalue weighted by molar-refractivity contribution is -0.166. The molecule has 0 unspecified atom stereocenters. The average molecular weight is 267 g/mol. The predicted octanol–water partition coefficient (Wildman–Crippen LogP) is 0.658. The SMILES string of the molecule is CCc1cc(CN2CC(C)(OCC(=O)O)C2)n(C)n1. The number of aliphatic carboxylic acids is 1. The average Bonchev–Trinajstić information content (AvgIpc) is 2.66. The number of carboxylic acid groups (broad SMARTS) is 1. The zero-order valence-corrected chi connectivity index (χ0v) is 11.7. The summed E-state index contributed by atoms with van der Waals surface area (Å²) in [5.41, 5.74) is 1.95. The Bertz CT molecular complexity index is 464. The summed E-state index contributed by atoms with van der Waals surface area (Å²) in [7, 11) is 1.95. The van der Waals surface area contributed by atoms with Crippen molar-refractivity contribution in [2.45, 2.75) is 32.4 Å². The molecule has 0 bridgehead atoms. The van der Waals surface area contributed by atoms with Crippen molar-refractivity contribution in [2.75, 3.05) is 19.7 Å². The maximum atomic E-state index is 10.5. The van der Waals surface area contributed by atoms with Gasteiger partial charge in [-0.05, 0) is 19.4 Å². The topological polar surface area (TPSA) is 67.6 Å². The summed E-state index contributed by atoms with van der Waals surface area (Å²) in [6, 6.07) is 2.12. The molecule has 2 heterocycles. The molecule has 1 aliphatic heterocycles. The Labute approximate surface area is 113 Å². The molecule has 1 aromatic rings. The number of carboxylic acids is 1. The summed E-state index contributed by atoms with van der Waals surface area (Å²) in [6.07, 6.45) is 0.938. The Morgan fingerprint density at radius 3 is 2.79 bits per heavy atom. The molecular formula is C13H21N3O3. The summed E-state index contributed by atoms with van der Waals surface area (Å²) in [5.74, 6) is -0.918. The second-order valence-electron chi connectivity index (χ2n) is 5.38. The monoisotopic (exact) mass is 267 g/mol. The molecule has 1 aromatic heterocycles. The first-order valence-corrected chi connectivity index (χ1v) is 6.52. The van der Waals surface area contributed by atoms with Crippen LogP contribution >= 0.6 is 0 Å². The molecule has 1 N–H and O–H groups in total. The molecule has 0 aliphatic carbocycles. The van der Waals surface area contributed by atoms with E-state index in [-0.39, 0.29) is 12.2 Å². The highest BCUT2D eigenvalue weighted by Gasteiger charge is 2.40. The fourth-order valence-corrected chi connectivity index (χ4v) is 2.46. The van der Waals surface area contributed by atoms with Crippen LogP contribution in [0.5, 0.6) is 0 Å². The van der Waals surface area contributed by atoms with Crippen LogP contribution in [0, 0.1) is 0 Å². The molecule has 1 saturated heterocycles. The maximum absolute atomic E-state index is 10.5. The molecular weight excluding hydrogens is 246 g/mol. The number of hydrogen-bond acceptors (Lipinski definition) is 4. The Hall–Kier alpha value is -1.40. The molecule has 0 atom stereocenters. The van der Waals surface area contributed by atoms with E-state index in [1.807, 2.05) is 18.7 Å². The molecule has 106 valence electrons. The van der Waals surface area contributed by atoms with Crippen molar-refractivity contribution in [3.63, 3.8) is 0 Å². The second-order valence-corrected chi connectivity index (χ2v) is 5.38. The van der Waals surface area contributed by atoms with Gasteiger partial charge in [0.1, 0.15) is 6.61 Å². The highest BCUT2D eigenvalue weighted by atomic mass is 16.5. The smallest absolute Gasteiger partial charge is 0.329 e. The fraction of sp³-hybridized carbons (Fsp3) is 0.692. The summed E-state index contributed by atoms with van der Waals surface area (Å²) >= 11 is 0. The van der Waals surface area contributed by atoms with Crippen LogP contribution in [-0.4, -0.2) is 51.1 Å². The van der Waals surface area contributed by atoms with Gasteiger partial charge in [-0.1, -0.05) is 6.92 Å². The molecule has 0 spiro atoms. The number of likely N-dealkylation sites (tertiary alicyclic amines) is 1. The van der Waals surface area contributed by atoms with Gasteiger partial charge in [-0.2, -0.15) is 5.10 Å². The maximum Gasteiger partial charge on any atom is 0.329 e. The molecule has 2 rings (SSSR count). The highest BCUT2D eigenvalue weighted by Crippen LogP contribution is 2.26. The van der Waals surface area contributed by atoms with Gasteiger partial charge in [0.05, 0.1) is 17.0 Å². The third kappa shape index (κ3) is 3.33. The van der Waals surface area contributed by atoms with Crippen LogP contribution in [-0.2, 0) is 29.5 Å². The third-order valence-corrected chi connectivity index (χ3v) is 3.44. The van der Waals surface area contributed by atoms with Crippen molar-refractivity contribution in [3.05, 3.63) is 17.5 Å². The number of rotatable bonds is 6. The van der Waals surface area contributed by atoms with Gasteiger partial charge in [0, 0.05) is 26.7 Å². The van der Waals surface area contributed by atoms with Gasteiger partial charge in [-0.3, -0.25) is 9.58 Å². The summed E-state index contributed by atoms with van der Waals surface area (Å²) < 4.78 is 7.30. The van der Waals surface area contributed by atoms with Crippen LogP contribution in [0.2, 0.25) is 0 Å². The Morgan fingerprint density at radius 1 is 1.58 bits per heavy atom. The van der Waals surface area contributed by atoms with Crippen molar-refractivity contribution in [1.82, 2.24) is 14.7 Å². The Morgan fingerprint density at radius 2 is 2.26 bits per heavy atom. The zero-order valence-electron chi connectivity index (χ0n) is 11.7. The standard InChI is InChI=1S/C13H21N3O3/c1-4-10-5-11(15(3)14-10)6-16-8-13(2,9-16)19-7-12(17)18/h5H,4,6-9H2,1-3H3,(H,17,18). The molecule has 6 nitrogen and oxygen atoms in total. The van der Waals surface area contributed by atoms with Crippen molar-refractivity contribution >= 4 is 5.97 Å². The number of aryl methyl sites for hydroxylation is 2. The van der Waals surface area contributed by atoms with Crippen LogP contribution in [0.3, 0.4) is 0 Å². The van der Waals surface area contributed by atoms with E-state index in [9.17, 15) is 4.79 Å². The number of nitrogens with zero attached hydrogens (tertiary/aromatic N) is 3. The minimum Gasteiger partial charge on any atom is -0.480 e. The molecule has 6 heteroatoms. The molecule has 0 saturated carbocycles. The van der Waals surface area contributed by atoms with Crippen molar-refractivity contribution in [1.29, 1.82) is 0 Å². The van der Waals surface area contributed by atoms with E-state index in [0.717, 1.165) is 31.7 Å². The van der Waals surface area contributed by atoms with E-state index in [1.54, 1.807) is 0 Å². The first kappa shape index (κ1) is 14.0. The van der Waals surface area contributed by atoms with Crippen LogP contribution in [0.15, 0.2) is 6.07 Å². The predicted molar refractivity (Wildman–Crippen MR) is 69.9 cm³/mol. The fourth-order valence-electron chi connectivity index (χ4n) is 2.46. The molecule has 19 heavy (non-hydrogen) atoms. The van der Waals surface area contributed by atoms with Crippen LogP contribution < -0.4 is 0 Å². The van der Waals surface area contributed by atoms with Crippen molar-refractivity contribution in [3.8, 4) is 0 Å². The van der Waals surface area contributed by atoms with Gasteiger partial charge in [0.15, 0.2) is 0 Å². The minimum atomic E-state index is -0.918. The number of hydrogen-bond donors (Lipinski definition) is 1. The first-order chi connectivity index (χ1) is 8.92.